The van der Waals surface area contributed by atoms with Crippen molar-refractivity contribution in [2.24, 2.45) is 0 Å². The first-order chi connectivity index (χ1) is 10.7. The number of H-pyrrole nitrogens is 1. The quantitative estimate of drug-likeness (QED) is 0.925. The van der Waals surface area contributed by atoms with Crippen molar-refractivity contribution < 1.29 is 14.3 Å². The summed E-state index contributed by atoms with van der Waals surface area (Å²) in [6.45, 7) is 0.559. The van der Waals surface area contributed by atoms with Crippen molar-refractivity contribution in [2.75, 3.05) is 20.8 Å². The Morgan fingerprint density at radius 2 is 2.09 bits per heavy atom. The van der Waals surface area contributed by atoms with Gasteiger partial charge in [0.1, 0.15) is 5.75 Å². The summed E-state index contributed by atoms with van der Waals surface area (Å²) in [6, 6.07) is 7.65. The molecule has 0 atom stereocenters. The molecule has 0 unspecified atom stereocenters. The molecule has 0 fully saturated rings. The molecule has 2 heterocycles. The first kappa shape index (κ1) is 14.2. The van der Waals surface area contributed by atoms with E-state index in [1.54, 1.807) is 18.2 Å². The Morgan fingerprint density at radius 3 is 2.77 bits per heavy atom. The summed E-state index contributed by atoms with van der Waals surface area (Å²) >= 11 is 0. The number of ether oxygens (including phenoxy) is 2. The molecule has 0 spiro atoms. The van der Waals surface area contributed by atoms with E-state index < -0.39 is 0 Å². The molecule has 1 aliphatic heterocycles. The number of rotatable bonds is 2. The minimum absolute atomic E-state index is 0.369. The number of fused-ring (bicyclic) bond motifs is 1. The number of aromatic amines is 1. The van der Waals surface area contributed by atoms with E-state index >= 15 is 0 Å². The molecule has 1 amide bonds. The fourth-order valence-corrected chi connectivity index (χ4v) is 2.53. The van der Waals surface area contributed by atoms with Crippen LogP contribution in [0.1, 0.15) is 16.8 Å². The van der Waals surface area contributed by atoms with Crippen LogP contribution < -0.4 is 4.74 Å². The van der Waals surface area contributed by atoms with Crippen molar-refractivity contribution >= 4 is 17.9 Å². The minimum atomic E-state index is -0.369. The molecular formula is C16H17N3O3. The Balaban J connectivity index is 2.02. The lowest BCUT2D eigenvalue weighted by atomic mass is 10.0. The average Bonchev–Trinajstić information content (AvgIpc) is 3.04. The topological polar surface area (TPSA) is 67.5 Å². The van der Waals surface area contributed by atoms with Gasteiger partial charge in [0.15, 0.2) is 0 Å². The zero-order chi connectivity index (χ0) is 15.5. The maximum atomic E-state index is 12.0. The van der Waals surface area contributed by atoms with E-state index in [2.05, 4.69) is 10.2 Å². The number of hydrogen-bond acceptors (Lipinski definition) is 4. The van der Waals surface area contributed by atoms with Gasteiger partial charge in [-0.15, -0.1) is 0 Å². The number of nitrogens with zero attached hydrogens (tertiary/aromatic N) is 2. The molecule has 0 bridgehead atoms. The maximum absolute atomic E-state index is 12.0. The monoisotopic (exact) mass is 299 g/mol. The highest BCUT2D eigenvalue weighted by Gasteiger charge is 2.27. The van der Waals surface area contributed by atoms with Crippen LogP contribution >= 0.6 is 0 Å². The molecule has 1 aromatic heterocycles. The fraction of sp³-hybridized carbons (Fsp3) is 0.250. The van der Waals surface area contributed by atoms with Crippen LogP contribution in [0, 0.1) is 0 Å². The van der Waals surface area contributed by atoms with Crippen molar-refractivity contribution in [3.8, 4) is 5.75 Å². The molecule has 0 saturated heterocycles. The van der Waals surface area contributed by atoms with Gasteiger partial charge < -0.3 is 9.47 Å². The lowest BCUT2D eigenvalue weighted by Gasteiger charge is -2.28. The Morgan fingerprint density at radius 1 is 1.32 bits per heavy atom. The summed E-state index contributed by atoms with van der Waals surface area (Å²) in [4.78, 5) is 13.6. The van der Waals surface area contributed by atoms with Crippen LogP contribution in [-0.2, 0) is 11.2 Å². The van der Waals surface area contributed by atoms with Crippen LogP contribution in [0.15, 0.2) is 30.5 Å². The van der Waals surface area contributed by atoms with Gasteiger partial charge in [-0.05, 0) is 23.8 Å². The van der Waals surface area contributed by atoms with Gasteiger partial charge in [0.05, 0.1) is 26.1 Å². The highest BCUT2D eigenvalue weighted by atomic mass is 16.5. The molecular weight excluding hydrogens is 282 g/mol. The lowest BCUT2D eigenvalue weighted by molar-refractivity contribution is 0.142. The van der Waals surface area contributed by atoms with Crippen molar-refractivity contribution in [3.05, 3.63) is 47.3 Å². The average molecular weight is 299 g/mol. The van der Waals surface area contributed by atoms with Crippen molar-refractivity contribution in [2.45, 2.75) is 6.42 Å². The van der Waals surface area contributed by atoms with Crippen LogP contribution in [0.5, 0.6) is 5.75 Å². The summed E-state index contributed by atoms with van der Waals surface area (Å²) in [5.74, 6) is 0.791. The molecule has 1 aromatic carbocycles. The predicted octanol–water partition coefficient (Wildman–Crippen LogP) is 2.54. The SMILES string of the molecule is COC(=O)N1CCc2[nH]ncc2C1=Cc1ccc(OC)cc1. The largest absolute Gasteiger partial charge is 0.497 e. The number of nitrogens with one attached hydrogen (secondary N) is 1. The van der Waals surface area contributed by atoms with Gasteiger partial charge in [-0.1, -0.05) is 12.1 Å². The van der Waals surface area contributed by atoms with E-state index in [4.69, 9.17) is 9.47 Å². The van der Waals surface area contributed by atoms with Gasteiger partial charge in [-0.3, -0.25) is 10.00 Å². The minimum Gasteiger partial charge on any atom is -0.497 e. The van der Waals surface area contributed by atoms with E-state index in [1.807, 2.05) is 30.3 Å². The van der Waals surface area contributed by atoms with Crippen molar-refractivity contribution in [1.82, 2.24) is 15.1 Å². The van der Waals surface area contributed by atoms with Gasteiger partial charge in [0.25, 0.3) is 0 Å². The number of amides is 1. The zero-order valence-electron chi connectivity index (χ0n) is 12.5. The molecule has 0 radical (unpaired) electrons. The predicted molar refractivity (Wildman–Crippen MR) is 82.3 cm³/mol. The van der Waals surface area contributed by atoms with E-state index in [0.29, 0.717) is 6.54 Å². The van der Waals surface area contributed by atoms with Gasteiger partial charge in [0.2, 0.25) is 0 Å². The van der Waals surface area contributed by atoms with E-state index in [1.165, 1.54) is 7.11 Å². The molecule has 22 heavy (non-hydrogen) atoms. The molecule has 0 saturated carbocycles. The maximum Gasteiger partial charge on any atom is 0.414 e. The van der Waals surface area contributed by atoms with Gasteiger partial charge in [-0.2, -0.15) is 5.10 Å². The molecule has 6 nitrogen and oxygen atoms in total. The summed E-state index contributed by atoms with van der Waals surface area (Å²) < 4.78 is 10.0. The summed E-state index contributed by atoms with van der Waals surface area (Å²) in [6.07, 6.45) is 4.04. The molecule has 0 aliphatic carbocycles. The third-order valence-electron chi connectivity index (χ3n) is 3.68. The van der Waals surface area contributed by atoms with Gasteiger partial charge in [0, 0.05) is 24.2 Å². The Kier molecular flexibility index (Phi) is 3.82. The zero-order valence-corrected chi connectivity index (χ0v) is 12.5. The van der Waals surface area contributed by atoms with Crippen LogP contribution in [0.3, 0.4) is 0 Å². The molecule has 114 valence electrons. The number of benzene rings is 1. The Bertz CT molecular complexity index is 704. The van der Waals surface area contributed by atoms with Gasteiger partial charge in [-0.25, -0.2) is 4.79 Å². The fourth-order valence-electron chi connectivity index (χ4n) is 2.53. The Labute approximate surface area is 128 Å². The third kappa shape index (κ3) is 2.55. The van der Waals surface area contributed by atoms with E-state index in [0.717, 1.165) is 34.7 Å². The van der Waals surface area contributed by atoms with Crippen molar-refractivity contribution in [3.63, 3.8) is 0 Å². The first-order valence-corrected chi connectivity index (χ1v) is 6.97. The smallest absolute Gasteiger partial charge is 0.414 e. The number of aromatic nitrogens is 2. The van der Waals surface area contributed by atoms with Crippen LogP contribution in [0.25, 0.3) is 11.8 Å². The summed E-state index contributed by atoms with van der Waals surface area (Å²) in [7, 11) is 3.02. The van der Waals surface area contributed by atoms with E-state index in [9.17, 15) is 4.79 Å². The normalized spacial score (nSPS) is 15.5. The summed E-state index contributed by atoms with van der Waals surface area (Å²) in [5.41, 5.74) is 3.71. The van der Waals surface area contributed by atoms with Crippen LogP contribution in [0.4, 0.5) is 4.79 Å². The summed E-state index contributed by atoms with van der Waals surface area (Å²) in [5, 5.41) is 7.06. The second-order valence-corrected chi connectivity index (χ2v) is 4.94. The molecule has 1 N–H and O–H groups in total. The molecule has 3 rings (SSSR count). The number of methoxy groups -OCH3 is 2. The second-order valence-electron chi connectivity index (χ2n) is 4.94. The third-order valence-corrected chi connectivity index (χ3v) is 3.68. The standard InChI is InChI=1S/C16H17N3O3/c1-21-12-5-3-11(4-6-12)9-15-13-10-17-18-14(13)7-8-19(15)16(20)22-2/h3-6,9-10H,7-8H2,1-2H3,(H,17,18). The molecule has 2 aromatic rings. The number of carbonyl (C=O) groups is 1. The van der Waals surface area contributed by atoms with Crippen molar-refractivity contribution in [1.29, 1.82) is 0 Å². The lowest BCUT2D eigenvalue weighted by Crippen LogP contribution is -2.34. The van der Waals surface area contributed by atoms with E-state index in [-0.39, 0.29) is 6.09 Å². The molecule has 6 heteroatoms. The highest BCUT2D eigenvalue weighted by molar-refractivity contribution is 5.91. The number of carbonyl (C=O) groups excluding carboxylic acids is 1. The number of hydrogen-bond donors (Lipinski definition) is 1. The van der Waals surface area contributed by atoms with Crippen LogP contribution in [-0.4, -0.2) is 42.0 Å². The molecule has 1 aliphatic rings. The Hall–Kier alpha value is -2.76. The second kappa shape index (κ2) is 5.93. The highest BCUT2D eigenvalue weighted by Crippen LogP contribution is 2.30. The van der Waals surface area contributed by atoms with Crippen LogP contribution in [0.2, 0.25) is 0 Å². The van der Waals surface area contributed by atoms with Gasteiger partial charge >= 0.3 is 6.09 Å². The first-order valence-electron chi connectivity index (χ1n) is 6.97.